The Morgan fingerprint density at radius 3 is 2.89 bits per heavy atom. The van der Waals surface area contributed by atoms with Gasteiger partial charge in [0.15, 0.2) is 5.96 Å². The lowest BCUT2D eigenvalue weighted by atomic mass is 9.83. The van der Waals surface area contributed by atoms with E-state index in [4.69, 9.17) is 5.73 Å². The van der Waals surface area contributed by atoms with Gasteiger partial charge in [0.1, 0.15) is 0 Å². The summed E-state index contributed by atoms with van der Waals surface area (Å²) in [5, 5.41) is 0. The van der Waals surface area contributed by atoms with Crippen molar-refractivity contribution in [2.75, 3.05) is 13.6 Å². The molecule has 1 aromatic rings. The number of aliphatic imine (C=N–C) groups is 1. The summed E-state index contributed by atoms with van der Waals surface area (Å²) in [5.74, 6) is 1.27. The summed E-state index contributed by atoms with van der Waals surface area (Å²) in [7, 11) is 2.06. The van der Waals surface area contributed by atoms with E-state index in [-0.39, 0.29) is 0 Å². The zero-order valence-corrected chi connectivity index (χ0v) is 11.7. The van der Waals surface area contributed by atoms with E-state index >= 15 is 0 Å². The number of aryl methyl sites for hydroxylation is 1. The van der Waals surface area contributed by atoms with Crippen LogP contribution in [0.5, 0.6) is 0 Å². The summed E-state index contributed by atoms with van der Waals surface area (Å²) in [6.45, 7) is 0.833. The largest absolute Gasteiger partial charge is 0.370 e. The standard InChI is InChI=1S/C16H23N3/c1-19(14-9-10-14)16(17)18-11-13-7-4-6-12-5-2-3-8-15(12)13/h2-3,5,8,13-14H,4,6-7,9-11H2,1H3,(H2,17,18). The molecule has 3 heteroatoms. The molecule has 0 radical (unpaired) electrons. The van der Waals surface area contributed by atoms with Crippen LogP contribution in [-0.4, -0.2) is 30.5 Å². The van der Waals surface area contributed by atoms with Crippen molar-refractivity contribution in [1.82, 2.24) is 4.90 Å². The van der Waals surface area contributed by atoms with Gasteiger partial charge in [-0.25, -0.2) is 0 Å². The molecule has 0 bridgehead atoms. The quantitative estimate of drug-likeness (QED) is 0.668. The molecule has 1 fully saturated rings. The molecule has 2 aliphatic rings. The monoisotopic (exact) mass is 257 g/mol. The Balaban J connectivity index is 1.69. The van der Waals surface area contributed by atoms with Crippen LogP contribution >= 0.6 is 0 Å². The summed E-state index contributed by atoms with van der Waals surface area (Å²) in [6, 6.07) is 9.43. The maximum atomic E-state index is 6.07. The first kappa shape index (κ1) is 12.5. The van der Waals surface area contributed by atoms with Crippen LogP contribution in [0.4, 0.5) is 0 Å². The number of nitrogens with zero attached hydrogens (tertiary/aromatic N) is 2. The second-order valence-electron chi connectivity index (χ2n) is 5.83. The van der Waals surface area contributed by atoms with Gasteiger partial charge in [-0.2, -0.15) is 0 Å². The van der Waals surface area contributed by atoms with Gasteiger partial charge in [-0.05, 0) is 43.2 Å². The van der Waals surface area contributed by atoms with Crippen LogP contribution in [0.3, 0.4) is 0 Å². The van der Waals surface area contributed by atoms with Crippen LogP contribution in [0.1, 0.15) is 42.7 Å². The molecule has 0 heterocycles. The molecule has 1 unspecified atom stereocenters. The predicted molar refractivity (Wildman–Crippen MR) is 79.4 cm³/mol. The van der Waals surface area contributed by atoms with Gasteiger partial charge in [0.25, 0.3) is 0 Å². The zero-order chi connectivity index (χ0) is 13.2. The summed E-state index contributed by atoms with van der Waals surface area (Å²) < 4.78 is 0. The molecule has 3 nitrogen and oxygen atoms in total. The lowest BCUT2D eigenvalue weighted by Gasteiger charge is -2.25. The molecule has 0 aliphatic heterocycles. The molecule has 102 valence electrons. The van der Waals surface area contributed by atoms with Crippen molar-refractivity contribution < 1.29 is 0 Å². The second-order valence-corrected chi connectivity index (χ2v) is 5.83. The van der Waals surface area contributed by atoms with Crippen molar-refractivity contribution in [2.45, 2.75) is 44.1 Å². The third kappa shape index (κ3) is 2.75. The lowest BCUT2D eigenvalue weighted by molar-refractivity contribution is 0.482. The van der Waals surface area contributed by atoms with E-state index in [2.05, 4.69) is 41.2 Å². The molecule has 0 saturated heterocycles. The van der Waals surface area contributed by atoms with E-state index in [1.54, 1.807) is 0 Å². The number of hydrogen-bond acceptors (Lipinski definition) is 1. The second kappa shape index (κ2) is 5.24. The van der Waals surface area contributed by atoms with Crippen molar-refractivity contribution in [1.29, 1.82) is 0 Å². The Bertz CT molecular complexity index is 477. The maximum Gasteiger partial charge on any atom is 0.191 e. The number of hydrogen-bond donors (Lipinski definition) is 1. The Labute approximate surface area is 115 Å². The fourth-order valence-corrected chi connectivity index (χ4v) is 3.01. The fourth-order valence-electron chi connectivity index (χ4n) is 3.01. The molecule has 19 heavy (non-hydrogen) atoms. The summed E-state index contributed by atoms with van der Waals surface area (Å²) in [4.78, 5) is 6.76. The van der Waals surface area contributed by atoms with Crippen LogP contribution in [0, 0.1) is 0 Å². The highest BCUT2D eigenvalue weighted by Gasteiger charge is 2.27. The van der Waals surface area contributed by atoms with E-state index in [0.717, 1.165) is 6.54 Å². The maximum absolute atomic E-state index is 6.07. The smallest absolute Gasteiger partial charge is 0.191 e. The van der Waals surface area contributed by atoms with Gasteiger partial charge in [0.05, 0.1) is 0 Å². The first-order chi connectivity index (χ1) is 9.25. The molecule has 0 amide bonds. The lowest BCUT2D eigenvalue weighted by Crippen LogP contribution is -2.36. The van der Waals surface area contributed by atoms with Gasteiger partial charge in [-0.3, -0.25) is 4.99 Å². The van der Waals surface area contributed by atoms with Gasteiger partial charge < -0.3 is 10.6 Å². The van der Waals surface area contributed by atoms with Crippen molar-refractivity contribution in [3.8, 4) is 0 Å². The Kier molecular flexibility index (Phi) is 3.45. The number of rotatable bonds is 3. The molecular formula is C16H23N3. The molecular weight excluding hydrogens is 234 g/mol. The van der Waals surface area contributed by atoms with Crippen LogP contribution in [0.15, 0.2) is 29.3 Å². The summed E-state index contributed by atoms with van der Waals surface area (Å²) >= 11 is 0. The first-order valence-electron chi connectivity index (χ1n) is 7.36. The Morgan fingerprint density at radius 1 is 1.32 bits per heavy atom. The van der Waals surface area contributed by atoms with Gasteiger partial charge in [-0.15, -0.1) is 0 Å². The highest BCUT2D eigenvalue weighted by Crippen LogP contribution is 2.31. The van der Waals surface area contributed by atoms with Crippen LogP contribution in [0.25, 0.3) is 0 Å². The number of nitrogens with two attached hydrogens (primary N) is 1. The molecule has 1 atom stereocenters. The van der Waals surface area contributed by atoms with Crippen molar-refractivity contribution >= 4 is 5.96 Å². The van der Waals surface area contributed by atoms with Gasteiger partial charge in [0, 0.05) is 25.6 Å². The third-order valence-corrected chi connectivity index (χ3v) is 4.42. The molecule has 0 spiro atoms. The molecule has 1 aromatic carbocycles. The van der Waals surface area contributed by atoms with Crippen molar-refractivity contribution in [3.63, 3.8) is 0 Å². The van der Waals surface area contributed by atoms with E-state index in [9.17, 15) is 0 Å². The average molecular weight is 257 g/mol. The first-order valence-corrected chi connectivity index (χ1v) is 7.36. The topological polar surface area (TPSA) is 41.6 Å². The Hall–Kier alpha value is -1.51. The van der Waals surface area contributed by atoms with Gasteiger partial charge in [0.2, 0.25) is 0 Å². The zero-order valence-electron chi connectivity index (χ0n) is 11.7. The molecule has 1 saturated carbocycles. The molecule has 3 rings (SSSR count). The van der Waals surface area contributed by atoms with Crippen LogP contribution < -0.4 is 5.73 Å². The SMILES string of the molecule is CN(C(N)=NCC1CCCc2ccccc21)C1CC1. The number of benzene rings is 1. The number of guanidine groups is 1. The van der Waals surface area contributed by atoms with Crippen molar-refractivity contribution in [2.24, 2.45) is 10.7 Å². The minimum atomic E-state index is 0.552. The minimum absolute atomic E-state index is 0.552. The highest BCUT2D eigenvalue weighted by atomic mass is 15.3. The van der Waals surface area contributed by atoms with E-state index in [1.807, 2.05) is 0 Å². The Morgan fingerprint density at radius 2 is 2.11 bits per heavy atom. The summed E-state index contributed by atoms with van der Waals surface area (Å²) in [6.07, 6.45) is 6.25. The highest BCUT2D eigenvalue weighted by molar-refractivity contribution is 5.78. The average Bonchev–Trinajstić information content (AvgIpc) is 3.28. The van der Waals surface area contributed by atoms with E-state index in [0.29, 0.717) is 17.9 Å². The molecule has 2 aliphatic carbocycles. The predicted octanol–water partition coefficient (Wildman–Crippen LogP) is 2.52. The number of fused-ring (bicyclic) bond motifs is 1. The summed E-state index contributed by atoms with van der Waals surface area (Å²) in [5.41, 5.74) is 9.06. The van der Waals surface area contributed by atoms with Crippen LogP contribution in [0.2, 0.25) is 0 Å². The van der Waals surface area contributed by atoms with E-state index in [1.165, 1.54) is 43.2 Å². The fraction of sp³-hybridized carbons (Fsp3) is 0.562. The van der Waals surface area contributed by atoms with E-state index < -0.39 is 0 Å². The third-order valence-electron chi connectivity index (χ3n) is 4.42. The molecule has 0 aromatic heterocycles. The van der Waals surface area contributed by atoms with Gasteiger partial charge in [-0.1, -0.05) is 24.3 Å². The molecule has 2 N–H and O–H groups in total. The van der Waals surface area contributed by atoms with Crippen LogP contribution in [-0.2, 0) is 6.42 Å². The normalized spacial score (nSPS) is 23.0. The minimum Gasteiger partial charge on any atom is -0.370 e. The van der Waals surface area contributed by atoms with Gasteiger partial charge >= 0.3 is 0 Å². The van der Waals surface area contributed by atoms with Crippen molar-refractivity contribution in [3.05, 3.63) is 35.4 Å².